The van der Waals surface area contributed by atoms with E-state index in [1.54, 1.807) is 18.2 Å². The number of nitrogens with zero attached hydrogens (tertiary/aromatic N) is 1. The van der Waals surface area contributed by atoms with Crippen LogP contribution in [0.15, 0.2) is 84.3 Å². The van der Waals surface area contributed by atoms with Gasteiger partial charge in [0.15, 0.2) is 0 Å². The van der Waals surface area contributed by atoms with E-state index in [4.69, 9.17) is 4.74 Å². The molecule has 4 heterocycles. The van der Waals surface area contributed by atoms with Gasteiger partial charge >= 0.3 is 0 Å². The fourth-order valence-electron chi connectivity index (χ4n) is 5.67. The second kappa shape index (κ2) is 9.24. The monoisotopic (exact) mass is 517 g/mol. The summed E-state index contributed by atoms with van der Waals surface area (Å²) in [4.78, 5) is 43.4. The van der Waals surface area contributed by atoms with Crippen LogP contribution in [0.2, 0.25) is 0 Å². The predicted octanol–water partition coefficient (Wildman–Crippen LogP) is 3.49. The number of fused-ring (bicyclic) bond motifs is 1. The van der Waals surface area contributed by atoms with Crippen molar-refractivity contribution in [3.05, 3.63) is 101 Å². The van der Waals surface area contributed by atoms with Crippen molar-refractivity contribution >= 4 is 34.7 Å². The van der Waals surface area contributed by atoms with Gasteiger partial charge in [0.05, 0.1) is 30.2 Å². The van der Waals surface area contributed by atoms with Crippen molar-refractivity contribution in [1.29, 1.82) is 0 Å². The number of carbonyl (C=O) groups excluding carboxylic acids is 3. The molecule has 9 heteroatoms. The molecule has 7 nitrogen and oxygen atoms in total. The molecule has 0 radical (unpaired) electrons. The van der Waals surface area contributed by atoms with Crippen LogP contribution in [0.1, 0.15) is 10.4 Å². The molecule has 0 aliphatic carbocycles. The topological polar surface area (TPSA) is 87.7 Å². The fraction of sp³-hybridized carbons (Fsp3) is 0.250. The van der Waals surface area contributed by atoms with E-state index in [2.05, 4.69) is 10.6 Å². The SMILES string of the molecule is O=C(Nc1ccccc1F)[C@H]1[C@H]2C=C[C@]3(O2)[C@H](C(=O)NCc2ccccc2)N(Cc2cccs2)C(=O)[C@@H]13. The number of halogens is 1. The van der Waals surface area contributed by atoms with E-state index < -0.39 is 41.3 Å². The first kappa shape index (κ1) is 23.6. The Morgan fingerprint density at radius 1 is 1.03 bits per heavy atom. The Labute approximate surface area is 216 Å². The number of hydrogen-bond donors (Lipinski definition) is 2. The molecule has 2 saturated heterocycles. The number of benzene rings is 2. The van der Waals surface area contributed by atoms with Gasteiger partial charge in [-0.1, -0.05) is 60.7 Å². The van der Waals surface area contributed by atoms with Crippen LogP contribution in [0.5, 0.6) is 0 Å². The zero-order valence-electron chi connectivity index (χ0n) is 19.7. The number of hydrogen-bond acceptors (Lipinski definition) is 5. The third-order valence-corrected chi connectivity index (χ3v) is 8.13. The van der Waals surface area contributed by atoms with Crippen LogP contribution >= 0.6 is 11.3 Å². The lowest BCUT2D eigenvalue weighted by Gasteiger charge is -2.32. The standard InChI is InChI=1S/C28H24FN3O4S/c29-19-10-4-5-11-20(19)31-25(33)22-21-12-13-28(36-21)23(22)27(35)32(16-18-9-6-14-37-18)24(28)26(34)30-15-17-7-2-1-3-8-17/h1-14,21-24H,15-16H2,(H,30,34)(H,31,33)/t21-,22+,23-,24+,28-/m1/s1. The highest BCUT2D eigenvalue weighted by Gasteiger charge is 2.72. The lowest BCUT2D eigenvalue weighted by atomic mass is 9.74. The Hall–Kier alpha value is -3.82. The average molecular weight is 518 g/mol. The third-order valence-electron chi connectivity index (χ3n) is 7.27. The number of amides is 3. The molecular weight excluding hydrogens is 493 g/mol. The number of nitrogens with one attached hydrogen (secondary N) is 2. The number of ether oxygens (including phenoxy) is 1. The van der Waals surface area contributed by atoms with Gasteiger partial charge in [-0.2, -0.15) is 0 Å². The molecule has 2 N–H and O–H groups in total. The zero-order valence-corrected chi connectivity index (χ0v) is 20.5. The summed E-state index contributed by atoms with van der Waals surface area (Å²) in [6.07, 6.45) is 2.81. The maximum atomic E-state index is 14.2. The molecular formula is C28H24FN3O4S. The minimum absolute atomic E-state index is 0.0337. The van der Waals surface area contributed by atoms with Gasteiger partial charge in [0.1, 0.15) is 17.5 Å². The molecule has 3 aliphatic heterocycles. The average Bonchev–Trinajstić information content (AvgIpc) is 3.68. The summed E-state index contributed by atoms with van der Waals surface area (Å²) in [7, 11) is 0. The summed E-state index contributed by atoms with van der Waals surface area (Å²) in [6, 6.07) is 18.2. The van der Waals surface area contributed by atoms with Crippen LogP contribution in [0.4, 0.5) is 10.1 Å². The number of anilines is 1. The first-order chi connectivity index (χ1) is 18.0. The van der Waals surface area contributed by atoms with E-state index in [0.29, 0.717) is 6.54 Å². The predicted molar refractivity (Wildman–Crippen MR) is 136 cm³/mol. The molecule has 3 amide bonds. The van der Waals surface area contributed by atoms with E-state index in [1.807, 2.05) is 47.8 Å². The van der Waals surface area contributed by atoms with E-state index in [1.165, 1.54) is 34.4 Å². The minimum atomic E-state index is -1.28. The van der Waals surface area contributed by atoms with Crippen molar-refractivity contribution in [2.24, 2.45) is 11.8 Å². The van der Waals surface area contributed by atoms with Gasteiger partial charge in [-0.3, -0.25) is 14.4 Å². The number of likely N-dealkylation sites (tertiary alicyclic amines) is 1. The quantitative estimate of drug-likeness (QED) is 0.470. The number of thiophene rings is 1. The van der Waals surface area contributed by atoms with Gasteiger partial charge in [0, 0.05) is 11.4 Å². The van der Waals surface area contributed by atoms with E-state index in [9.17, 15) is 18.8 Å². The molecule has 2 bridgehead atoms. The van der Waals surface area contributed by atoms with Gasteiger partial charge in [-0.05, 0) is 29.1 Å². The fourth-order valence-corrected chi connectivity index (χ4v) is 6.37. The van der Waals surface area contributed by atoms with Gasteiger partial charge in [-0.15, -0.1) is 11.3 Å². The van der Waals surface area contributed by atoms with Crippen LogP contribution in [-0.4, -0.2) is 40.4 Å². The molecule has 0 saturated carbocycles. The van der Waals surface area contributed by atoms with Crippen molar-refractivity contribution in [3.8, 4) is 0 Å². The molecule has 37 heavy (non-hydrogen) atoms. The summed E-state index contributed by atoms with van der Waals surface area (Å²) < 4.78 is 20.6. The Balaban J connectivity index is 1.32. The maximum absolute atomic E-state index is 14.2. The lowest BCUT2D eigenvalue weighted by Crippen LogP contribution is -2.54. The van der Waals surface area contributed by atoms with Gasteiger partial charge < -0.3 is 20.3 Å². The summed E-state index contributed by atoms with van der Waals surface area (Å²) >= 11 is 1.49. The summed E-state index contributed by atoms with van der Waals surface area (Å²) in [5, 5.41) is 7.49. The van der Waals surface area contributed by atoms with Crippen molar-refractivity contribution in [2.45, 2.75) is 30.8 Å². The van der Waals surface area contributed by atoms with Crippen molar-refractivity contribution in [3.63, 3.8) is 0 Å². The molecule has 5 atom stereocenters. The third kappa shape index (κ3) is 3.95. The van der Waals surface area contributed by atoms with Crippen molar-refractivity contribution < 1.29 is 23.5 Å². The van der Waals surface area contributed by atoms with Gasteiger partial charge in [-0.25, -0.2) is 4.39 Å². The minimum Gasteiger partial charge on any atom is -0.359 e. The Morgan fingerprint density at radius 3 is 2.57 bits per heavy atom. The molecule has 6 rings (SSSR count). The normalized spacial score (nSPS) is 27.4. The largest absolute Gasteiger partial charge is 0.359 e. The smallest absolute Gasteiger partial charge is 0.246 e. The van der Waals surface area contributed by atoms with Crippen LogP contribution in [0.3, 0.4) is 0 Å². The Bertz CT molecular complexity index is 1380. The maximum Gasteiger partial charge on any atom is 0.246 e. The highest BCUT2D eigenvalue weighted by Crippen LogP contribution is 2.55. The van der Waals surface area contributed by atoms with Crippen LogP contribution in [0, 0.1) is 17.7 Å². The van der Waals surface area contributed by atoms with Gasteiger partial charge in [0.25, 0.3) is 0 Å². The van der Waals surface area contributed by atoms with Crippen LogP contribution in [0.25, 0.3) is 0 Å². The number of para-hydroxylation sites is 1. The first-order valence-corrected chi connectivity index (χ1v) is 12.9. The summed E-state index contributed by atoms with van der Waals surface area (Å²) in [6.45, 7) is 0.518. The molecule has 2 aromatic carbocycles. The summed E-state index contributed by atoms with van der Waals surface area (Å²) in [5.74, 6) is -3.55. The zero-order chi connectivity index (χ0) is 25.6. The molecule has 2 fully saturated rings. The van der Waals surface area contributed by atoms with Gasteiger partial charge in [0.2, 0.25) is 17.7 Å². The summed E-state index contributed by atoms with van der Waals surface area (Å²) in [5.41, 5.74) is -0.323. The first-order valence-electron chi connectivity index (χ1n) is 12.0. The van der Waals surface area contributed by atoms with Crippen LogP contribution < -0.4 is 10.6 Å². The van der Waals surface area contributed by atoms with E-state index in [0.717, 1.165) is 10.4 Å². The lowest BCUT2D eigenvalue weighted by molar-refractivity contribution is -0.141. The second-order valence-corrected chi connectivity index (χ2v) is 10.5. The van der Waals surface area contributed by atoms with E-state index in [-0.39, 0.29) is 24.0 Å². The van der Waals surface area contributed by atoms with E-state index >= 15 is 0 Å². The van der Waals surface area contributed by atoms with Crippen molar-refractivity contribution in [1.82, 2.24) is 10.2 Å². The molecule has 0 unspecified atom stereocenters. The molecule has 1 spiro atoms. The number of carbonyl (C=O) groups is 3. The molecule has 3 aromatic rings. The van der Waals surface area contributed by atoms with Crippen molar-refractivity contribution in [2.75, 3.05) is 5.32 Å². The highest BCUT2D eigenvalue weighted by atomic mass is 32.1. The molecule has 1 aromatic heterocycles. The molecule has 3 aliphatic rings. The highest BCUT2D eigenvalue weighted by molar-refractivity contribution is 7.09. The van der Waals surface area contributed by atoms with Crippen LogP contribution in [-0.2, 0) is 32.2 Å². The number of rotatable bonds is 7. The Kier molecular flexibility index (Phi) is 5.89. The second-order valence-electron chi connectivity index (χ2n) is 9.42. The Morgan fingerprint density at radius 2 is 1.81 bits per heavy atom. The molecule has 188 valence electrons.